The molecule has 8 heteroatoms. The number of rotatable bonds is 7. The number of carbonyl (C=O) groups excluding carboxylic acids is 2. The van der Waals surface area contributed by atoms with Crippen molar-refractivity contribution in [3.05, 3.63) is 59.7 Å². The second kappa shape index (κ2) is 10.7. The van der Waals surface area contributed by atoms with Crippen molar-refractivity contribution in [3.63, 3.8) is 0 Å². The Bertz CT molecular complexity index is 1140. The monoisotopic (exact) mass is 463 g/mol. The normalized spacial score (nSPS) is 14.1. The number of benzene rings is 2. The quantitative estimate of drug-likeness (QED) is 0.501. The van der Waals surface area contributed by atoms with Crippen molar-refractivity contribution in [2.45, 2.75) is 50.2 Å². The fourth-order valence-corrected chi connectivity index (χ4v) is 4.82. The fourth-order valence-electron chi connectivity index (χ4n) is 4.10. The second-order valence-electron chi connectivity index (χ2n) is 8.41. The van der Waals surface area contributed by atoms with E-state index in [0.717, 1.165) is 24.0 Å². The standard InChI is InChI=1S/C25H29N5O2S/c1-17-9-6-7-14-21(17)24(32)27-20-13-8-10-18(15-20)23-28-29-25(30(23)2)33-16-22(31)26-19-11-4-3-5-12-19/h6-10,13-15,19H,3-5,11-12,16H2,1-2H3,(H,26,31)(H,27,32). The van der Waals surface area contributed by atoms with E-state index in [0.29, 0.717) is 34.0 Å². The Morgan fingerprint density at radius 2 is 1.85 bits per heavy atom. The maximum atomic E-state index is 12.7. The van der Waals surface area contributed by atoms with E-state index >= 15 is 0 Å². The molecule has 33 heavy (non-hydrogen) atoms. The maximum Gasteiger partial charge on any atom is 0.255 e. The average molecular weight is 464 g/mol. The molecule has 2 N–H and O–H groups in total. The number of nitrogens with zero attached hydrogens (tertiary/aromatic N) is 3. The minimum Gasteiger partial charge on any atom is -0.353 e. The predicted molar refractivity (Wildman–Crippen MR) is 131 cm³/mol. The van der Waals surface area contributed by atoms with Crippen LogP contribution in [-0.2, 0) is 11.8 Å². The van der Waals surface area contributed by atoms with Crippen molar-refractivity contribution < 1.29 is 9.59 Å². The lowest BCUT2D eigenvalue weighted by Gasteiger charge is -2.22. The molecule has 172 valence electrons. The summed E-state index contributed by atoms with van der Waals surface area (Å²) in [7, 11) is 1.88. The van der Waals surface area contributed by atoms with Gasteiger partial charge in [0.25, 0.3) is 5.91 Å². The van der Waals surface area contributed by atoms with Gasteiger partial charge in [0, 0.05) is 29.9 Å². The molecule has 0 radical (unpaired) electrons. The van der Waals surface area contributed by atoms with E-state index < -0.39 is 0 Å². The molecule has 2 amide bonds. The Morgan fingerprint density at radius 3 is 2.64 bits per heavy atom. The number of hydrogen-bond acceptors (Lipinski definition) is 5. The summed E-state index contributed by atoms with van der Waals surface area (Å²) in [5.41, 5.74) is 3.09. The first-order valence-electron chi connectivity index (χ1n) is 11.3. The van der Waals surface area contributed by atoms with E-state index in [1.165, 1.54) is 31.0 Å². The molecule has 7 nitrogen and oxygen atoms in total. The second-order valence-corrected chi connectivity index (χ2v) is 9.35. The van der Waals surface area contributed by atoms with Gasteiger partial charge in [0.05, 0.1) is 5.75 Å². The van der Waals surface area contributed by atoms with Crippen LogP contribution < -0.4 is 10.6 Å². The van der Waals surface area contributed by atoms with Gasteiger partial charge in [-0.1, -0.05) is 61.4 Å². The Hall–Kier alpha value is -3.13. The molecule has 0 atom stereocenters. The molecular weight excluding hydrogens is 434 g/mol. The SMILES string of the molecule is Cc1ccccc1C(=O)Nc1cccc(-c2nnc(SCC(=O)NC3CCCCC3)n2C)c1. The van der Waals surface area contributed by atoms with Gasteiger partial charge < -0.3 is 15.2 Å². The van der Waals surface area contributed by atoms with Crippen molar-refractivity contribution in [1.82, 2.24) is 20.1 Å². The Morgan fingerprint density at radius 1 is 1.06 bits per heavy atom. The molecule has 0 bridgehead atoms. The number of aromatic nitrogens is 3. The number of anilines is 1. The van der Waals surface area contributed by atoms with Gasteiger partial charge >= 0.3 is 0 Å². The third-order valence-corrected chi connectivity index (χ3v) is 6.93. The van der Waals surface area contributed by atoms with Gasteiger partial charge in [0.2, 0.25) is 5.91 Å². The molecule has 0 spiro atoms. The lowest BCUT2D eigenvalue weighted by Crippen LogP contribution is -2.37. The Kier molecular flexibility index (Phi) is 7.44. The lowest BCUT2D eigenvalue weighted by atomic mass is 9.95. The Labute approximate surface area is 198 Å². The number of nitrogens with one attached hydrogen (secondary N) is 2. The van der Waals surface area contributed by atoms with Crippen LogP contribution in [0.1, 0.15) is 48.0 Å². The van der Waals surface area contributed by atoms with Crippen molar-refractivity contribution in [2.24, 2.45) is 7.05 Å². The number of carbonyl (C=O) groups is 2. The summed E-state index contributed by atoms with van der Waals surface area (Å²) in [6, 6.07) is 15.3. The highest BCUT2D eigenvalue weighted by molar-refractivity contribution is 7.99. The first-order chi connectivity index (χ1) is 16.0. The average Bonchev–Trinajstić information content (AvgIpc) is 3.19. The van der Waals surface area contributed by atoms with Gasteiger partial charge in [-0.2, -0.15) is 0 Å². The topological polar surface area (TPSA) is 88.9 Å². The fraction of sp³-hybridized carbons (Fsp3) is 0.360. The summed E-state index contributed by atoms with van der Waals surface area (Å²) in [5.74, 6) is 0.882. The van der Waals surface area contributed by atoms with Gasteiger partial charge in [-0.15, -0.1) is 10.2 Å². The molecule has 0 aliphatic heterocycles. The summed E-state index contributed by atoms with van der Waals surface area (Å²) in [6.45, 7) is 1.92. The van der Waals surface area contributed by atoms with Crippen LogP contribution in [0.4, 0.5) is 5.69 Å². The zero-order chi connectivity index (χ0) is 23.2. The van der Waals surface area contributed by atoms with Crippen molar-refractivity contribution >= 4 is 29.3 Å². The highest BCUT2D eigenvalue weighted by atomic mass is 32.2. The number of thioether (sulfide) groups is 1. The number of amides is 2. The molecule has 3 aromatic rings. The summed E-state index contributed by atoms with van der Waals surface area (Å²) in [6.07, 6.45) is 5.78. The highest BCUT2D eigenvalue weighted by Gasteiger charge is 2.18. The molecule has 1 heterocycles. The zero-order valence-electron chi connectivity index (χ0n) is 19.0. The maximum absolute atomic E-state index is 12.7. The van der Waals surface area contributed by atoms with Gasteiger partial charge in [-0.3, -0.25) is 9.59 Å². The van der Waals surface area contributed by atoms with Gasteiger partial charge in [-0.05, 0) is 43.5 Å². The van der Waals surface area contributed by atoms with E-state index in [1.807, 2.05) is 67.1 Å². The van der Waals surface area contributed by atoms with Crippen LogP contribution in [0.3, 0.4) is 0 Å². The third-order valence-electron chi connectivity index (χ3n) is 5.91. The van der Waals surface area contributed by atoms with Crippen LogP contribution in [0.2, 0.25) is 0 Å². The lowest BCUT2D eigenvalue weighted by molar-refractivity contribution is -0.119. The smallest absolute Gasteiger partial charge is 0.255 e. The molecule has 1 aliphatic rings. The minimum atomic E-state index is -0.150. The van der Waals surface area contributed by atoms with E-state index in [4.69, 9.17) is 0 Å². The van der Waals surface area contributed by atoms with Crippen molar-refractivity contribution in [1.29, 1.82) is 0 Å². The van der Waals surface area contributed by atoms with Crippen LogP contribution in [-0.4, -0.2) is 38.4 Å². The van der Waals surface area contributed by atoms with Crippen molar-refractivity contribution in [2.75, 3.05) is 11.1 Å². The summed E-state index contributed by atoms with van der Waals surface area (Å²) < 4.78 is 1.88. The molecule has 1 saturated carbocycles. The number of hydrogen-bond donors (Lipinski definition) is 2. The highest BCUT2D eigenvalue weighted by Crippen LogP contribution is 2.25. The molecule has 0 unspecified atom stereocenters. The van der Waals surface area contributed by atoms with Crippen LogP contribution in [0, 0.1) is 6.92 Å². The molecule has 1 aromatic heterocycles. The molecule has 2 aromatic carbocycles. The molecular formula is C25H29N5O2S. The zero-order valence-corrected chi connectivity index (χ0v) is 19.8. The van der Waals surface area contributed by atoms with Crippen LogP contribution >= 0.6 is 11.8 Å². The molecule has 1 fully saturated rings. The largest absolute Gasteiger partial charge is 0.353 e. The van der Waals surface area contributed by atoms with E-state index in [1.54, 1.807) is 0 Å². The van der Waals surface area contributed by atoms with Gasteiger partial charge in [0.15, 0.2) is 11.0 Å². The summed E-state index contributed by atoms with van der Waals surface area (Å²) in [5, 5.41) is 15.4. The van der Waals surface area contributed by atoms with E-state index in [2.05, 4.69) is 20.8 Å². The molecule has 0 saturated heterocycles. The van der Waals surface area contributed by atoms with Crippen LogP contribution in [0.25, 0.3) is 11.4 Å². The van der Waals surface area contributed by atoms with Crippen molar-refractivity contribution in [3.8, 4) is 11.4 Å². The van der Waals surface area contributed by atoms with E-state index in [9.17, 15) is 9.59 Å². The summed E-state index contributed by atoms with van der Waals surface area (Å²) >= 11 is 1.38. The first kappa shape index (κ1) is 23.0. The first-order valence-corrected chi connectivity index (χ1v) is 12.3. The van der Waals surface area contributed by atoms with Crippen LogP contribution in [0.15, 0.2) is 53.7 Å². The van der Waals surface area contributed by atoms with Gasteiger partial charge in [0.1, 0.15) is 0 Å². The Balaban J connectivity index is 1.40. The minimum absolute atomic E-state index is 0.0392. The predicted octanol–water partition coefficient (Wildman–Crippen LogP) is 4.58. The molecule has 4 rings (SSSR count). The van der Waals surface area contributed by atoms with Crippen LogP contribution in [0.5, 0.6) is 0 Å². The summed E-state index contributed by atoms with van der Waals surface area (Å²) in [4.78, 5) is 25.0. The van der Waals surface area contributed by atoms with Gasteiger partial charge in [-0.25, -0.2) is 0 Å². The van der Waals surface area contributed by atoms with E-state index in [-0.39, 0.29) is 11.8 Å². The third kappa shape index (κ3) is 5.82. The number of aryl methyl sites for hydroxylation is 1. The molecule has 1 aliphatic carbocycles.